The average molecular weight is 445 g/mol. The normalized spacial score (nSPS) is 14.0. The third kappa shape index (κ3) is 5.89. The van der Waals surface area contributed by atoms with E-state index in [1.165, 1.54) is 25.7 Å². The van der Waals surface area contributed by atoms with Crippen molar-refractivity contribution in [2.45, 2.75) is 46.5 Å². The second-order valence-corrected chi connectivity index (χ2v) is 8.80. The third-order valence-corrected chi connectivity index (χ3v) is 6.17. The van der Waals surface area contributed by atoms with Gasteiger partial charge in [0.25, 0.3) is 5.91 Å². The summed E-state index contributed by atoms with van der Waals surface area (Å²) in [6.07, 6.45) is 5.02. The fourth-order valence-electron chi connectivity index (χ4n) is 4.16. The number of anilines is 2. The van der Waals surface area contributed by atoms with Gasteiger partial charge in [0.2, 0.25) is 0 Å². The smallest absolute Gasteiger partial charge is 0.262 e. The molecule has 172 valence electrons. The minimum Gasteiger partial charge on any atom is -0.483 e. The highest BCUT2D eigenvalue weighted by molar-refractivity contribution is 5.92. The van der Waals surface area contributed by atoms with Gasteiger partial charge in [-0.15, -0.1) is 10.2 Å². The summed E-state index contributed by atoms with van der Waals surface area (Å²) in [7, 11) is 0. The Morgan fingerprint density at radius 3 is 2.33 bits per heavy atom. The Morgan fingerprint density at radius 1 is 0.939 bits per heavy atom. The van der Waals surface area contributed by atoms with Crippen molar-refractivity contribution in [3.8, 4) is 17.0 Å². The van der Waals surface area contributed by atoms with E-state index >= 15 is 0 Å². The second kappa shape index (κ2) is 10.5. The molecule has 0 atom stereocenters. The predicted octanol–water partition coefficient (Wildman–Crippen LogP) is 5.47. The number of amides is 1. The van der Waals surface area contributed by atoms with Crippen LogP contribution in [0, 0.1) is 20.8 Å². The lowest BCUT2D eigenvalue weighted by Gasteiger charge is -2.20. The van der Waals surface area contributed by atoms with Gasteiger partial charge in [0.05, 0.1) is 5.69 Å². The van der Waals surface area contributed by atoms with E-state index in [9.17, 15) is 4.79 Å². The van der Waals surface area contributed by atoms with Crippen LogP contribution >= 0.6 is 0 Å². The molecule has 0 bridgehead atoms. The van der Waals surface area contributed by atoms with Crippen LogP contribution in [0.5, 0.6) is 5.75 Å². The number of hydrogen-bond acceptors (Lipinski definition) is 5. The van der Waals surface area contributed by atoms with Gasteiger partial charge >= 0.3 is 0 Å². The van der Waals surface area contributed by atoms with Crippen molar-refractivity contribution in [2.24, 2.45) is 0 Å². The van der Waals surface area contributed by atoms with Crippen LogP contribution in [0.2, 0.25) is 0 Å². The number of hydrogen-bond donors (Lipinski definition) is 1. The van der Waals surface area contributed by atoms with Crippen molar-refractivity contribution in [1.82, 2.24) is 10.2 Å². The van der Waals surface area contributed by atoms with Crippen molar-refractivity contribution >= 4 is 17.4 Å². The molecule has 1 fully saturated rings. The summed E-state index contributed by atoms with van der Waals surface area (Å²) in [5, 5.41) is 11.8. The summed E-state index contributed by atoms with van der Waals surface area (Å²) in [5.74, 6) is 1.51. The number of ether oxygens (including phenoxy) is 1. The molecule has 0 saturated carbocycles. The van der Waals surface area contributed by atoms with Gasteiger partial charge in [-0.25, -0.2) is 0 Å². The maximum atomic E-state index is 12.4. The van der Waals surface area contributed by atoms with Gasteiger partial charge in [0.15, 0.2) is 12.4 Å². The van der Waals surface area contributed by atoms with Crippen LogP contribution in [0.3, 0.4) is 0 Å². The molecule has 6 nitrogen and oxygen atoms in total. The Kier molecular flexibility index (Phi) is 7.23. The van der Waals surface area contributed by atoms with Gasteiger partial charge in [-0.05, 0) is 80.6 Å². The van der Waals surface area contributed by atoms with Gasteiger partial charge in [-0.3, -0.25) is 4.79 Å². The monoisotopic (exact) mass is 444 g/mol. The topological polar surface area (TPSA) is 67.3 Å². The lowest BCUT2D eigenvalue weighted by Crippen LogP contribution is -2.25. The molecule has 0 spiro atoms. The van der Waals surface area contributed by atoms with E-state index in [0.29, 0.717) is 0 Å². The molecule has 1 amide bonds. The molecular formula is C27H32N4O2. The molecule has 1 saturated heterocycles. The lowest BCUT2D eigenvalue weighted by molar-refractivity contribution is -0.118. The Labute approximate surface area is 196 Å². The van der Waals surface area contributed by atoms with E-state index in [1.807, 2.05) is 57.2 Å². The highest BCUT2D eigenvalue weighted by atomic mass is 16.5. The molecule has 3 aromatic rings. The first kappa shape index (κ1) is 22.8. The number of nitrogens with one attached hydrogen (secondary N) is 1. The van der Waals surface area contributed by atoms with E-state index in [1.54, 1.807) is 0 Å². The fourth-order valence-corrected chi connectivity index (χ4v) is 4.16. The molecule has 2 heterocycles. The minimum atomic E-state index is -0.192. The summed E-state index contributed by atoms with van der Waals surface area (Å²) in [4.78, 5) is 14.7. The first-order valence-electron chi connectivity index (χ1n) is 11.7. The van der Waals surface area contributed by atoms with E-state index in [4.69, 9.17) is 4.74 Å². The summed E-state index contributed by atoms with van der Waals surface area (Å²) in [5.41, 5.74) is 5.83. The van der Waals surface area contributed by atoms with Crippen LogP contribution in [0.15, 0.2) is 48.5 Å². The number of carbonyl (C=O) groups is 1. The zero-order valence-corrected chi connectivity index (χ0v) is 19.7. The summed E-state index contributed by atoms with van der Waals surface area (Å²) >= 11 is 0. The zero-order chi connectivity index (χ0) is 23.2. The van der Waals surface area contributed by atoms with E-state index in [0.717, 1.165) is 58.3 Å². The molecule has 2 aromatic carbocycles. The first-order valence-corrected chi connectivity index (χ1v) is 11.7. The van der Waals surface area contributed by atoms with Crippen molar-refractivity contribution in [3.63, 3.8) is 0 Å². The van der Waals surface area contributed by atoms with Crippen LogP contribution in [0.25, 0.3) is 11.3 Å². The van der Waals surface area contributed by atoms with Crippen LogP contribution in [0.1, 0.15) is 42.4 Å². The van der Waals surface area contributed by atoms with Gasteiger partial charge in [-0.1, -0.05) is 31.0 Å². The number of aromatic nitrogens is 2. The van der Waals surface area contributed by atoms with Crippen molar-refractivity contribution < 1.29 is 9.53 Å². The molecule has 1 aliphatic rings. The SMILES string of the molecule is Cc1cc(C)c(C)c(OCC(=O)Nc2ccc(-c3ccc(N4CCCCCC4)nn3)cc2)c1. The Morgan fingerprint density at radius 2 is 1.67 bits per heavy atom. The quantitative estimate of drug-likeness (QED) is 0.546. The van der Waals surface area contributed by atoms with Crippen LogP contribution < -0.4 is 15.0 Å². The van der Waals surface area contributed by atoms with Crippen LogP contribution in [-0.2, 0) is 4.79 Å². The maximum Gasteiger partial charge on any atom is 0.262 e. The molecule has 1 N–H and O–H groups in total. The Hall–Kier alpha value is -3.41. The number of rotatable bonds is 6. The molecular weight excluding hydrogens is 412 g/mol. The standard InChI is InChI=1S/C27H32N4O2/c1-19-16-20(2)21(3)25(17-19)33-18-27(32)28-23-10-8-22(9-11-23)24-12-13-26(30-29-24)31-14-6-4-5-7-15-31/h8-13,16-17H,4-7,14-15,18H2,1-3H3,(H,28,32). The summed E-state index contributed by atoms with van der Waals surface area (Å²) < 4.78 is 5.76. The minimum absolute atomic E-state index is 0.0328. The number of aryl methyl sites for hydroxylation is 2. The first-order chi connectivity index (χ1) is 16.0. The molecule has 4 rings (SSSR count). The molecule has 33 heavy (non-hydrogen) atoms. The third-order valence-electron chi connectivity index (χ3n) is 6.17. The van der Waals surface area contributed by atoms with E-state index in [-0.39, 0.29) is 12.5 Å². The van der Waals surface area contributed by atoms with Gasteiger partial charge in [-0.2, -0.15) is 0 Å². The summed E-state index contributed by atoms with van der Waals surface area (Å²) in [6.45, 7) is 8.14. The van der Waals surface area contributed by atoms with Crippen molar-refractivity contribution in [3.05, 3.63) is 65.2 Å². The number of benzene rings is 2. The van der Waals surface area contributed by atoms with E-state index < -0.39 is 0 Å². The molecule has 0 radical (unpaired) electrons. The molecule has 1 aromatic heterocycles. The Bertz CT molecular complexity index is 1090. The highest BCUT2D eigenvalue weighted by Crippen LogP contribution is 2.24. The van der Waals surface area contributed by atoms with Gasteiger partial charge < -0.3 is 15.0 Å². The fraction of sp³-hybridized carbons (Fsp3) is 0.370. The van der Waals surface area contributed by atoms with Gasteiger partial charge in [0.1, 0.15) is 5.75 Å². The lowest BCUT2D eigenvalue weighted by atomic mass is 10.1. The Balaban J connectivity index is 1.34. The van der Waals surface area contributed by atoms with E-state index in [2.05, 4.69) is 32.5 Å². The average Bonchev–Trinajstić information content (AvgIpc) is 3.11. The molecule has 0 unspecified atom stereocenters. The summed E-state index contributed by atoms with van der Waals surface area (Å²) in [6, 6.07) is 15.8. The van der Waals surface area contributed by atoms with Crippen molar-refractivity contribution in [1.29, 1.82) is 0 Å². The van der Waals surface area contributed by atoms with Gasteiger partial charge in [0, 0.05) is 24.3 Å². The molecule has 0 aliphatic carbocycles. The second-order valence-electron chi connectivity index (χ2n) is 8.80. The number of carbonyl (C=O) groups excluding carboxylic acids is 1. The molecule has 6 heteroatoms. The molecule has 1 aliphatic heterocycles. The van der Waals surface area contributed by atoms with Crippen LogP contribution in [-0.4, -0.2) is 35.8 Å². The van der Waals surface area contributed by atoms with Crippen LogP contribution in [0.4, 0.5) is 11.5 Å². The predicted molar refractivity (Wildman–Crippen MR) is 133 cm³/mol. The zero-order valence-electron chi connectivity index (χ0n) is 19.7. The largest absolute Gasteiger partial charge is 0.483 e. The maximum absolute atomic E-state index is 12.4. The highest BCUT2D eigenvalue weighted by Gasteiger charge is 2.12. The van der Waals surface area contributed by atoms with Crippen molar-refractivity contribution in [2.75, 3.05) is 29.9 Å². The number of nitrogens with zero attached hydrogens (tertiary/aromatic N) is 3.